The third kappa shape index (κ3) is 8.83. The van der Waals surface area contributed by atoms with Crippen LogP contribution in [-0.2, 0) is 27.3 Å². The van der Waals surface area contributed by atoms with Gasteiger partial charge in [-0.15, -0.1) is 0 Å². The van der Waals surface area contributed by atoms with Gasteiger partial charge in [0, 0.05) is 19.5 Å². The molecule has 0 fully saturated rings. The predicted octanol–water partition coefficient (Wildman–Crippen LogP) is 5.35. The second kappa shape index (κ2) is 13.8. The predicted molar refractivity (Wildman–Crippen MR) is 159 cm³/mol. The number of aromatic hydroxyl groups is 1. The summed E-state index contributed by atoms with van der Waals surface area (Å²) in [5.74, 6) is -0.650. The van der Waals surface area contributed by atoms with Gasteiger partial charge in [0.05, 0.1) is 0 Å². The van der Waals surface area contributed by atoms with E-state index in [1.165, 1.54) is 17.0 Å². The molecule has 3 aromatic carbocycles. The second-order valence-corrected chi connectivity index (χ2v) is 11.1. The molecule has 3 aromatic rings. The van der Waals surface area contributed by atoms with Crippen LogP contribution in [0.25, 0.3) is 0 Å². The van der Waals surface area contributed by atoms with E-state index < -0.39 is 29.7 Å². The normalized spacial score (nSPS) is 12.6. The van der Waals surface area contributed by atoms with Crippen molar-refractivity contribution in [3.63, 3.8) is 0 Å². The Bertz CT molecular complexity index is 1330. The van der Waals surface area contributed by atoms with Gasteiger partial charge in [0.2, 0.25) is 11.8 Å². The van der Waals surface area contributed by atoms with E-state index in [4.69, 9.17) is 4.74 Å². The summed E-state index contributed by atoms with van der Waals surface area (Å²) >= 11 is 0. The summed E-state index contributed by atoms with van der Waals surface area (Å²) in [5, 5.41) is 15.5. The van der Waals surface area contributed by atoms with Crippen molar-refractivity contribution in [2.45, 2.75) is 72.2 Å². The molecule has 3 rings (SSSR count). The molecule has 0 aliphatic heterocycles. The minimum atomic E-state index is -1.02. The molecule has 0 aromatic heterocycles. The SMILES string of the molecule is CCN(C(=O)C(Cc1ccc(O)cc1)NC(=O)OC(C)(C)C)C(C(=O)NCc1ccccc1)c1cccc(C)c1C. The summed E-state index contributed by atoms with van der Waals surface area (Å²) in [5.41, 5.74) is 3.52. The first-order valence-corrected chi connectivity index (χ1v) is 13.8. The molecule has 0 spiro atoms. The van der Waals surface area contributed by atoms with E-state index in [0.717, 1.165) is 22.3 Å². The highest BCUT2D eigenvalue weighted by molar-refractivity contribution is 5.92. The van der Waals surface area contributed by atoms with Crippen LogP contribution in [0.1, 0.15) is 61.6 Å². The zero-order valence-electron chi connectivity index (χ0n) is 24.7. The lowest BCUT2D eigenvalue weighted by Crippen LogP contribution is -2.53. The third-order valence-corrected chi connectivity index (χ3v) is 6.80. The van der Waals surface area contributed by atoms with Gasteiger partial charge in [-0.05, 0) is 81.5 Å². The van der Waals surface area contributed by atoms with E-state index in [9.17, 15) is 19.5 Å². The lowest BCUT2D eigenvalue weighted by Gasteiger charge is -2.34. The molecule has 41 heavy (non-hydrogen) atoms. The largest absolute Gasteiger partial charge is 0.508 e. The Morgan fingerprint density at radius 3 is 2.17 bits per heavy atom. The van der Waals surface area contributed by atoms with Crippen molar-refractivity contribution in [1.82, 2.24) is 15.5 Å². The van der Waals surface area contributed by atoms with E-state index in [0.29, 0.717) is 12.1 Å². The molecule has 218 valence electrons. The topological polar surface area (TPSA) is 108 Å². The number of aryl methyl sites for hydroxylation is 1. The first kappa shape index (κ1) is 31.2. The number of likely N-dealkylation sites (N-methyl/N-ethyl adjacent to an activating group) is 1. The van der Waals surface area contributed by atoms with Gasteiger partial charge < -0.3 is 25.4 Å². The lowest BCUT2D eigenvalue weighted by atomic mass is 9.94. The summed E-state index contributed by atoms with van der Waals surface area (Å²) < 4.78 is 5.46. The number of carbonyl (C=O) groups excluding carboxylic acids is 3. The van der Waals surface area contributed by atoms with Gasteiger partial charge >= 0.3 is 6.09 Å². The highest BCUT2D eigenvalue weighted by Gasteiger charge is 2.36. The van der Waals surface area contributed by atoms with Crippen LogP contribution in [0.3, 0.4) is 0 Å². The molecule has 0 aliphatic carbocycles. The number of alkyl carbamates (subject to hydrolysis) is 1. The van der Waals surface area contributed by atoms with Gasteiger partial charge in [-0.3, -0.25) is 9.59 Å². The number of hydrogen-bond donors (Lipinski definition) is 3. The highest BCUT2D eigenvalue weighted by atomic mass is 16.6. The molecule has 2 atom stereocenters. The van der Waals surface area contributed by atoms with E-state index in [2.05, 4.69) is 10.6 Å². The molecular formula is C33H41N3O5. The molecule has 8 heteroatoms. The first-order valence-electron chi connectivity index (χ1n) is 13.8. The van der Waals surface area contributed by atoms with Crippen LogP contribution in [0, 0.1) is 13.8 Å². The molecule has 3 N–H and O–H groups in total. The maximum Gasteiger partial charge on any atom is 0.408 e. The number of phenolic OH excluding ortho intramolecular Hbond substituents is 1. The van der Waals surface area contributed by atoms with Crippen LogP contribution >= 0.6 is 0 Å². The molecule has 0 radical (unpaired) electrons. The number of amides is 3. The molecule has 0 heterocycles. The zero-order valence-corrected chi connectivity index (χ0v) is 24.7. The fraction of sp³-hybridized carbons (Fsp3) is 0.364. The lowest BCUT2D eigenvalue weighted by molar-refractivity contribution is -0.142. The Balaban J connectivity index is 1.99. The third-order valence-electron chi connectivity index (χ3n) is 6.80. The van der Waals surface area contributed by atoms with Crippen LogP contribution in [0.2, 0.25) is 0 Å². The molecule has 0 saturated heterocycles. The minimum absolute atomic E-state index is 0.0944. The Kier molecular flexibility index (Phi) is 10.5. The first-order chi connectivity index (χ1) is 19.4. The van der Waals surface area contributed by atoms with Crippen molar-refractivity contribution in [2.24, 2.45) is 0 Å². The van der Waals surface area contributed by atoms with Gasteiger partial charge in [-0.2, -0.15) is 0 Å². The Hall–Kier alpha value is -4.33. The molecule has 0 aliphatic rings. The van der Waals surface area contributed by atoms with Crippen LogP contribution in [0.4, 0.5) is 4.79 Å². The molecular weight excluding hydrogens is 518 g/mol. The molecule has 8 nitrogen and oxygen atoms in total. The van der Waals surface area contributed by atoms with Crippen LogP contribution < -0.4 is 10.6 Å². The van der Waals surface area contributed by atoms with Crippen LogP contribution in [0.5, 0.6) is 5.75 Å². The number of hydrogen-bond acceptors (Lipinski definition) is 5. The summed E-state index contributed by atoms with van der Waals surface area (Å²) in [6.07, 6.45) is -0.595. The summed E-state index contributed by atoms with van der Waals surface area (Å²) in [6.45, 7) is 11.5. The number of ether oxygens (including phenoxy) is 1. The molecule has 0 saturated carbocycles. The second-order valence-electron chi connectivity index (χ2n) is 11.1. The van der Waals surface area contributed by atoms with Gasteiger partial charge in [-0.25, -0.2) is 4.79 Å². The van der Waals surface area contributed by atoms with Crippen molar-refractivity contribution in [3.8, 4) is 5.75 Å². The Morgan fingerprint density at radius 1 is 0.902 bits per heavy atom. The van der Waals surface area contributed by atoms with Gasteiger partial charge in [0.1, 0.15) is 23.4 Å². The fourth-order valence-electron chi connectivity index (χ4n) is 4.59. The standard InChI is InChI=1S/C33H41N3O5/c1-7-36(31(39)28(35-32(40)41-33(4,5)6)20-24-16-18-26(37)19-17-24)29(27-15-11-12-22(2)23(27)3)30(38)34-21-25-13-9-8-10-14-25/h8-19,28-29,37H,7,20-21H2,1-6H3,(H,34,38)(H,35,40). The van der Waals surface area contributed by atoms with Crippen LogP contribution in [-0.4, -0.2) is 46.1 Å². The van der Waals surface area contributed by atoms with E-state index in [-0.39, 0.29) is 24.6 Å². The van der Waals surface area contributed by atoms with Crippen molar-refractivity contribution in [1.29, 1.82) is 0 Å². The van der Waals surface area contributed by atoms with E-state index >= 15 is 0 Å². The fourth-order valence-corrected chi connectivity index (χ4v) is 4.59. The number of nitrogens with one attached hydrogen (secondary N) is 2. The average Bonchev–Trinajstić information content (AvgIpc) is 2.92. The number of benzene rings is 3. The highest BCUT2D eigenvalue weighted by Crippen LogP contribution is 2.28. The van der Waals surface area contributed by atoms with Gasteiger partial charge in [0.15, 0.2) is 0 Å². The molecule has 3 amide bonds. The smallest absolute Gasteiger partial charge is 0.408 e. The minimum Gasteiger partial charge on any atom is -0.508 e. The Morgan fingerprint density at radius 2 is 1.56 bits per heavy atom. The number of rotatable bonds is 10. The van der Waals surface area contributed by atoms with Crippen molar-refractivity contribution in [3.05, 3.63) is 101 Å². The number of carbonyl (C=O) groups is 3. The van der Waals surface area contributed by atoms with Gasteiger partial charge in [0.25, 0.3) is 0 Å². The van der Waals surface area contributed by atoms with Crippen LogP contribution in [0.15, 0.2) is 72.8 Å². The zero-order chi connectivity index (χ0) is 30.2. The monoisotopic (exact) mass is 559 g/mol. The number of phenols is 1. The quantitative estimate of drug-likeness (QED) is 0.310. The van der Waals surface area contributed by atoms with Crippen molar-refractivity contribution < 1.29 is 24.2 Å². The summed E-state index contributed by atoms with van der Waals surface area (Å²) in [6, 6.07) is 19.8. The van der Waals surface area contributed by atoms with E-state index in [1.54, 1.807) is 32.9 Å². The Labute approximate surface area is 242 Å². The maximum atomic E-state index is 14.3. The van der Waals surface area contributed by atoms with Crippen molar-refractivity contribution in [2.75, 3.05) is 6.54 Å². The molecule has 0 bridgehead atoms. The molecule has 2 unspecified atom stereocenters. The van der Waals surface area contributed by atoms with Crippen molar-refractivity contribution >= 4 is 17.9 Å². The van der Waals surface area contributed by atoms with E-state index in [1.807, 2.05) is 69.3 Å². The number of nitrogens with zero attached hydrogens (tertiary/aromatic N) is 1. The summed E-state index contributed by atoms with van der Waals surface area (Å²) in [4.78, 5) is 42.5. The van der Waals surface area contributed by atoms with Gasteiger partial charge in [-0.1, -0.05) is 60.7 Å². The maximum absolute atomic E-state index is 14.3. The summed E-state index contributed by atoms with van der Waals surface area (Å²) in [7, 11) is 0. The average molecular weight is 560 g/mol.